The van der Waals surface area contributed by atoms with Gasteiger partial charge in [-0.2, -0.15) is 0 Å². The first-order valence-electron chi connectivity index (χ1n) is 9.16. The maximum Gasteiger partial charge on any atom is 0.309 e. The van der Waals surface area contributed by atoms with Crippen LogP contribution in [0.5, 0.6) is 0 Å². The van der Waals surface area contributed by atoms with E-state index in [9.17, 15) is 14.0 Å². The fourth-order valence-electron chi connectivity index (χ4n) is 3.33. The Morgan fingerprint density at radius 2 is 1.82 bits per heavy atom. The molecule has 1 aliphatic heterocycles. The third-order valence-electron chi connectivity index (χ3n) is 4.88. The highest BCUT2D eigenvalue weighted by molar-refractivity contribution is 7.18. The number of rotatable bonds is 4. The number of piperidine rings is 1. The molecule has 1 amide bonds. The predicted molar refractivity (Wildman–Crippen MR) is 104 cm³/mol. The van der Waals surface area contributed by atoms with Crippen molar-refractivity contribution in [2.75, 3.05) is 13.1 Å². The Hall–Kier alpha value is -2.80. The van der Waals surface area contributed by atoms with Crippen molar-refractivity contribution in [3.8, 4) is 0 Å². The minimum absolute atomic E-state index is 0.138. The van der Waals surface area contributed by atoms with Gasteiger partial charge < -0.3 is 9.64 Å². The lowest BCUT2D eigenvalue weighted by Crippen LogP contribution is -2.40. The number of para-hydroxylation sites is 1. The first kappa shape index (κ1) is 18.6. The second-order valence-corrected chi connectivity index (χ2v) is 7.87. The van der Waals surface area contributed by atoms with Crippen LogP contribution in [0, 0.1) is 11.7 Å². The molecule has 2 heterocycles. The molecule has 0 saturated carbocycles. The van der Waals surface area contributed by atoms with Crippen molar-refractivity contribution in [1.29, 1.82) is 0 Å². The third kappa shape index (κ3) is 4.04. The Balaban J connectivity index is 1.28. The SMILES string of the molecule is O=C(OCc1nc2ccccc2s1)C1CCN(C(=O)c2ccc(F)cc2)CC1. The lowest BCUT2D eigenvalue weighted by molar-refractivity contribution is -0.151. The number of thiazole rings is 1. The lowest BCUT2D eigenvalue weighted by Gasteiger charge is -2.31. The topological polar surface area (TPSA) is 59.5 Å². The van der Waals surface area contributed by atoms with Crippen molar-refractivity contribution < 1.29 is 18.7 Å². The molecule has 0 N–H and O–H groups in total. The van der Waals surface area contributed by atoms with E-state index in [1.165, 1.54) is 35.6 Å². The fourth-order valence-corrected chi connectivity index (χ4v) is 4.21. The van der Waals surface area contributed by atoms with E-state index >= 15 is 0 Å². The summed E-state index contributed by atoms with van der Waals surface area (Å²) in [6, 6.07) is 13.3. The number of nitrogens with zero attached hydrogens (tertiary/aromatic N) is 2. The molecule has 5 nitrogen and oxygen atoms in total. The van der Waals surface area contributed by atoms with E-state index in [1.54, 1.807) is 4.90 Å². The van der Waals surface area contributed by atoms with Crippen LogP contribution in [-0.2, 0) is 16.1 Å². The van der Waals surface area contributed by atoms with Gasteiger partial charge in [0.2, 0.25) is 0 Å². The van der Waals surface area contributed by atoms with Crippen LogP contribution in [0.3, 0.4) is 0 Å². The molecule has 3 aromatic rings. The number of aromatic nitrogens is 1. The number of amides is 1. The van der Waals surface area contributed by atoms with Crippen molar-refractivity contribution >= 4 is 33.4 Å². The van der Waals surface area contributed by atoms with Crippen LogP contribution in [0.1, 0.15) is 28.2 Å². The molecule has 1 saturated heterocycles. The molecule has 4 rings (SSSR count). The molecule has 0 atom stereocenters. The summed E-state index contributed by atoms with van der Waals surface area (Å²) >= 11 is 1.52. The molecule has 1 aliphatic rings. The molecule has 0 radical (unpaired) electrons. The number of hydrogen-bond donors (Lipinski definition) is 0. The van der Waals surface area contributed by atoms with E-state index in [4.69, 9.17) is 4.74 Å². The van der Waals surface area contributed by atoms with Gasteiger partial charge in [0.15, 0.2) is 0 Å². The largest absolute Gasteiger partial charge is 0.458 e. The number of fused-ring (bicyclic) bond motifs is 1. The highest BCUT2D eigenvalue weighted by Crippen LogP contribution is 2.24. The Morgan fingerprint density at radius 3 is 2.54 bits per heavy atom. The molecule has 0 bridgehead atoms. The molecule has 0 unspecified atom stereocenters. The van der Waals surface area contributed by atoms with Crippen molar-refractivity contribution in [1.82, 2.24) is 9.88 Å². The van der Waals surface area contributed by atoms with E-state index in [0.29, 0.717) is 31.5 Å². The van der Waals surface area contributed by atoms with Gasteiger partial charge >= 0.3 is 5.97 Å². The van der Waals surface area contributed by atoms with Crippen LogP contribution in [0.25, 0.3) is 10.2 Å². The Labute approximate surface area is 165 Å². The van der Waals surface area contributed by atoms with Crippen molar-refractivity contribution in [3.63, 3.8) is 0 Å². The standard InChI is InChI=1S/C21H19FN2O3S/c22-16-7-5-14(6-8-16)20(25)24-11-9-15(10-12-24)21(26)27-13-19-23-17-3-1-2-4-18(17)28-19/h1-8,15H,9-13H2. The van der Waals surface area contributed by atoms with Gasteiger partial charge in [-0.3, -0.25) is 9.59 Å². The van der Waals surface area contributed by atoms with Gasteiger partial charge in [-0.05, 0) is 49.2 Å². The number of carbonyl (C=O) groups excluding carboxylic acids is 2. The zero-order valence-electron chi connectivity index (χ0n) is 15.1. The maximum atomic E-state index is 13.0. The molecular weight excluding hydrogens is 379 g/mol. The molecule has 1 fully saturated rings. The number of likely N-dealkylation sites (tertiary alicyclic amines) is 1. The number of hydrogen-bond acceptors (Lipinski definition) is 5. The Morgan fingerprint density at radius 1 is 1.11 bits per heavy atom. The zero-order valence-corrected chi connectivity index (χ0v) is 16.0. The Kier molecular flexibility index (Phi) is 5.34. The lowest BCUT2D eigenvalue weighted by atomic mass is 9.96. The minimum atomic E-state index is -0.369. The fraction of sp³-hybridized carbons (Fsp3) is 0.286. The molecule has 1 aromatic heterocycles. The summed E-state index contributed by atoms with van der Waals surface area (Å²) in [6.07, 6.45) is 1.12. The quantitative estimate of drug-likeness (QED) is 0.623. The second-order valence-electron chi connectivity index (χ2n) is 6.76. The van der Waals surface area contributed by atoms with Crippen LogP contribution >= 0.6 is 11.3 Å². The normalized spacial score (nSPS) is 15.0. The number of benzene rings is 2. The predicted octanol–water partition coefficient (Wildman–Crippen LogP) is 4.03. The molecule has 2 aromatic carbocycles. The molecule has 144 valence electrons. The van der Waals surface area contributed by atoms with E-state index in [0.717, 1.165) is 15.2 Å². The molecule has 0 spiro atoms. The van der Waals surface area contributed by atoms with Gasteiger partial charge in [0.05, 0.1) is 16.1 Å². The smallest absolute Gasteiger partial charge is 0.309 e. The number of ether oxygens (including phenoxy) is 1. The maximum absolute atomic E-state index is 13.0. The molecular formula is C21H19FN2O3S. The summed E-state index contributed by atoms with van der Waals surface area (Å²) in [5.41, 5.74) is 1.37. The Bertz CT molecular complexity index is 961. The van der Waals surface area contributed by atoms with Crippen LogP contribution in [0.4, 0.5) is 4.39 Å². The van der Waals surface area contributed by atoms with Crippen molar-refractivity contribution in [3.05, 3.63) is 64.9 Å². The van der Waals surface area contributed by atoms with Crippen molar-refractivity contribution in [2.24, 2.45) is 5.92 Å². The van der Waals surface area contributed by atoms with E-state index in [-0.39, 0.29) is 30.2 Å². The summed E-state index contributed by atoms with van der Waals surface area (Å²) in [4.78, 5) is 31.0. The van der Waals surface area contributed by atoms with Gasteiger partial charge in [0.25, 0.3) is 5.91 Å². The minimum Gasteiger partial charge on any atom is -0.458 e. The summed E-state index contributed by atoms with van der Waals surface area (Å²) < 4.78 is 19.5. The summed E-state index contributed by atoms with van der Waals surface area (Å²) in [5.74, 6) is -0.966. The van der Waals surface area contributed by atoms with E-state index < -0.39 is 0 Å². The second kappa shape index (κ2) is 8.06. The first-order chi connectivity index (χ1) is 13.6. The number of esters is 1. The van der Waals surface area contributed by atoms with Gasteiger partial charge in [0.1, 0.15) is 17.4 Å². The summed E-state index contributed by atoms with van der Waals surface area (Å²) in [7, 11) is 0. The average molecular weight is 398 g/mol. The van der Waals surface area contributed by atoms with Gasteiger partial charge in [-0.15, -0.1) is 11.3 Å². The number of carbonyl (C=O) groups is 2. The van der Waals surface area contributed by atoms with Crippen LogP contribution < -0.4 is 0 Å². The van der Waals surface area contributed by atoms with Crippen LogP contribution in [0.15, 0.2) is 48.5 Å². The van der Waals surface area contributed by atoms with Crippen LogP contribution in [0.2, 0.25) is 0 Å². The van der Waals surface area contributed by atoms with Gasteiger partial charge in [-0.1, -0.05) is 12.1 Å². The molecule has 0 aliphatic carbocycles. The highest BCUT2D eigenvalue weighted by atomic mass is 32.1. The van der Waals surface area contributed by atoms with Gasteiger partial charge in [0, 0.05) is 18.7 Å². The summed E-state index contributed by atoms with van der Waals surface area (Å²) in [5, 5.41) is 0.776. The van der Waals surface area contributed by atoms with Gasteiger partial charge in [-0.25, -0.2) is 9.37 Å². The monoisotopic (exact) mass is 398 g/mol. The van der Waals surface area contributed by atoms with Crippen LogP contribution in [-0.4, -0.2) is 34.8 Å². The highest BCUT2D eigenvalue weighted by Gasteiger charge is 2.29. The number of halogens is 1. The average Bonchev–Trinajstić information content (AvgIpc) is 3.15. The molecule has 28 heavy (non-hydrogen) atoms. The summed E-state index contributed by atoms with van der Waals surface area (Å²) in [6.45, 7) is 1.14. The molecule has 7 heteroatoms. The first-order valence-corrected chi connectivity index (χ1v) is 9.98. The zero-order chi connectivity index (χ0) is 19.5. The third-order valence-corrected chi connectivity index (χ3v) is 5.89. The van der Waals surface area contributed by atoms with Crippen molar-refractivity contribution in [2.45, 2.75) is 19.4 Å². The van der Waals surface area contributed by atoms with E-state index in [2.05, 4.69) is 4.98 Å². The van der Waals surface area contributed by atoms with E-state index in [1.807, 2.05) is 24.3 Å².